The highest BCUT2D eigenvalue weighted by Crippen LogP contribution is 2.17. The van der Waals surface area contributed by atoms with E-state index in [1.54, 1.807) is 19.9 Å². The predicted octanol–water partition coefficient (Wildman–Crippen LogP) is 1.75. The topological polar surface area (TPSA) is 92.8 Å². The van der Waals surface area contributed by atoms with E-state index in [9.17, 15) is 19.2 Å². The lowest BCUT2D eigenvalue weighted by Crippen LogP contribution is -2.40. The number of carbonyl (C=O) groups excluding carboxylic acids is 4. The van der Waals surface area contributed by atoms with Gasteiger partial charge in [0.1, 0.15) is 5.54 Å². The van der Waals surface area contributed by atoms with Crippen LogP contribution in [0.2, 0.25) is 0 Å². The van der Waals surface area contributed by atoms with Crippen LogP contribution < -0.4 is 5.32 Å². The molecule has 0 radical (unpaired) electrons. The molecule has 0 spiro atoms. The van der Waals surface area contributed by atoms with Crippen LogP contribution in [0.15, 0.2) is 18.2 Å². The zero-order valence-corrected chi connectivity index (χ0v) is 14.8. The Balaban J connectivity index is 1.85. The van der Waals surface area contributed by atoms with E-state index in [4.69, 9.17) is 4.74 Å². The van der Waals surface area contributed by atoms with Crippen molar-refractivity contribution in [2.45, 2.75) is 39.7 Å². The van der Waals surface area contributed by atoms with Gasteiger partial charge in [0, 0.05) is 12.1 Å². The molecule has 134 valence electrons. The Hall–Kier alpha value is -2.70. The average molecular weight is 346 g/mol. The number of hydrogen-bond acceptors (Lipinski definition) is 5. The van der Waals surface area contributed by atoms with Crippen LogP contribution in [0.25, 0.3) is 0 Å². The van der Waals surface area contributed by atoms with E-state index in [0.29, 0.717) is 5.56 Å². The Morgan fingerprint density at radius 1 is 1.20 bits per heavy atom. The average Bonchev–Trinajstić information content (AvgIpc) is 2.73. The summed E-state index contributed by atoms with van der Waals surface area (Å²) in [6, 6.07) is 4.96. The van der Waals surface area contributed by atoms with Gasteiger partial charge in [0.05, 0.1) is 6.42 Å². The first-order valence-electron chi connectivity index (χ1n) is 8.02. The highest BCUT2D eigenvalue weighted by molar-refractivity contribution is 6.06. The van der Waals surface area contributed by atoms with Crippen molar-refractivity contribution in [1.29, 1.82) is 0 Å². The lowest BCUT2D eigenvalue weighted by Gasteiger charge is -2.15. The van der Waals surface area contributed by atoms with Crippen LogP contribution in [0.4, 0.5) is 4.79 Å². The summed E-state index contributed by atoms with van der Waals surface area (Å²) in [7, 11) is 0. The second kappa shape index (κ2) is 7.04. The monoisotopic (exact) mass is 346 g/mol. The molecule has 1 fully saturated rings. The molecule has 7 heteroatoms. The predicted molar refractivity (Wildman–Crippen MR) is 90.1 cm³/mol. The van der Waals surface area contributed by atoms with Crippen molar-refractivity contribution in [1.82, 2.24) is 10.2 Å². The minimum absolute atomic E-state index is 0.0788. The standard InChI is InChI=1S/C18H22N2O5/c1-11-5-6-12(2)13(9-11)14(21)10-25-15(22)7-8-20-16(23)18(3,4)19-17(20)24/h5-6,9H,7-8,10H2,1-4H3,(H,19,24). The number of ketones is 1. The van der Waals surface area contributed by atoms with E-state index >= 15 is 0 Å². The molecule has 0 bridgehead atoms. The summed E-state index contributed by atoms with van der Waals surface area (Å²) >= 11 is 0. The molecule has 25 heavy (non-hydrogen) atoms. The fraction of sp³-hybridized carbons (Fsp3) is 0.444. The van der Waals surface area contributed by atoms with Gasteiger partial charge in [0.25, 0.3) is 5.91 Å². The number of imide groups is 1. The van der Waals surface area contributed by atoms with E-state index in [-0.39, 0.29) is 25.4 Å². The van der Waals surface area contributed by atoms with Gasteiger partial charge in [-0.1, -0.05) is 17.7 Å². The van der Waals surface area contributed by atoms with Crippen LogP contribution in [0, 0.1) is 13.8 Å². The summed E-state index contributed by atoms with van der Waals surface area (Å²) < 4.78 is 4.98. The van der Waals surface area contributed by atoms with Crippen LogP contribution in [0.1, 0.15) is 41.8 Å². The van der Waals surface area contributed by atoms with Crippen molar-refractivity contribution in [2.24, 2.45) is 0 Å². The molecule has 0 aromatic heterocycles. The molecule has 1 aromatic carbocycles. The number of ether oxygens (including phenoxy) is 1. The van der Waals surface area contributed by atoms with Gasteiger partial charge >= 0.3 is 12.0 Å². The number of benzene rings is 1. The first-order chi connectivity index (χ1) is 11.6. The van der Waals surface area contributed by atoms with Gasteiger partial charge in [-0.05, 0) is 39.3 Å². The second-order valence-corrected chi connectivity index (χ2v) is 6.66. The SMILES string of the molecule is Cc1ccc(C)c(C(=O)COC(=O)CCN2C(=O)NC(C)(C)C2=O)c1. The fourth-order valence-corrected chi connectivity index (χ4v) is 2.56. The molecule has 2 rings (SSSR count). The van der Waals surface area contributed by atoms with Gasteiger partial charge in [0.15, 0.2) is 6.61 Å². The zero-order valence-electron chi connectivity index (χ0n) is 14.8. The highest BCUT2D eigenvalue weighted by Gasteiger charge is 2.44. The molecular weight excluding hydrogens is 324 g/mol. The summed E-state index contributed by atoms with van der Waals surface area (Å²) in [6.45, 7) is 6.43. The van der Waals surface area contributed by atoms with Crippen molar-refractivity contribution in [3.63, 3.8) is 0 Å². The third-order valence-corrected chi connectivity index (χ3v) is 4.04. The summed E-state index contributed by atoms with van der Waals surface area (Å²) in [5, 5.41) is 2.53. The largest absolute Gasteiger partial charge is 0.457 e. The molecule has 0 unspecified atom stereocenters. The summed E-state index contributed by atoms with van der Waals surface area (Å²) in [4.78, 5) is 48.7. The molecule has 0 aliphatic carbocycles. The normalized spacial score (nSPS) is 15.9. The van der Waals surface area contributed by atoms with Gasteiger partial charge < -0.3 is 10.1 Å². The molecule has 3 amide bonds. The maximum Gasteiger partial charge on any atom is 0.325 e. The molecule has 1 N–H and O–H groups in total. The lowest BCUT2D eigenvalue weighted by atomic mass is 10.0. The number of nitrogens with one attached hydrogen (secondary N) is 1. The number of esters is 1. The number of amides is 3. The highest BCUT2D eigenvalue weighted by atomic mass is 16.5. The van der Waals surface area contributed by atoms with E-state index in [1.165, 1.54) is 0 Å². The first-order valence-corrected chi connectivity index (χ1v) is 8.02. The number of nitrogens with zero attached hydrogens (tertiary/aromatic N) is 1. The lowest BCUT2D eigenvalue weighted by molar-refractivity contribution is -0.143. The smallest absolute Gasteiger partial charge is 0.325 e. The van der Waals surface area contributed by atoms with E-state index in [0.717, 1.165) is 16.0 Å². The molecule has 1 aromatic rings. The molecule has 7 nitrogen and oxygen atoms in total. The third-order valence-electron chi connectivity index (χ3n) is 4.04. The Morgan fingerprint density at radius 3 is 2.48 bits per heavy atom. The van der Waals surface area contributed by atoms with Crippen molar-refractivity contribution >= 4 is 23.7 Å². The minimum Gasteiger partial charge on any atom is -0.457 e. The molecular formula is C18H22N2O5. The summed E-state index contributed by atoms with van der Waals surface area (Å²) in [6.07, 6.45) is -0.157. The van der Waals surface area contributed by atoms with Gasteiger partial charge in [-0.3, -0.25) is 19.3 Å². The Kier molecular flexibility index (Phi) is 5.25. The number of hydrogen-bond donors (Lipinski definition) is 1. The minimum atomic E-state index is -0.973. The Bertz CT molecular complexity index is 739. The number of rotatable bonds is 6. The molecule has 0 atom stereocenters. The Labute approximate surface area is 146 Å². The van der Waals surface area contributed by atoms with Crippen LogP contribution in [0.5, 0.6) is 0 Å². The van der Waals surface area contributed by atoms with Crippen molar-refractivity contribution in [2.75, 3.05) is 13.2 Å². The van der Waals surface area contributed by atoms with Crippen molar-refractivity contribution in [3.05, 3.63) is 34.9 Å². The van der Waals surface area contributed by atoms with Gasteiger partial charge in [0.2, 0.25) is 5.78 Å². The van der Waals surface area contributed by atoms with Crippen LogP contribution >= 0.6 is 0 Å². The second-order valence-electron chi connectivity index (χ2n) is 6.66. The maximum absolute atomic E-state index is 12.2. The van der Waals surface area contributed by atoms with E-state index < -0.39 is 23.4 Å². The molecule has 1 aliphatic heterocycles. The molecule has 1 aliphatic rings. The quantitative estimate of drug-likeness (QED) is 0.481. The van der Waals surface area contributed by atoms with Gasteiger partial charge in [-0.25, -0.2) is 4.79 Å². The van der Waals surface area contributed by atoms with Gasteiger partial charge in [-0.2, -0.15) is 0 Å². The number of urea groups is 1. The number of aryl methyl sites for hydroxylation is 2. The summed E-state index contributed by atoms with van der Waals surface area (Å²) in [5.74, 6) is -1.31. The van der Waals surface area contributed by atoms with Crippen LogP contribution in [-0.2, 0) is 14.3 Å². The summed E-state index contributed by atoms with van der Waals surface area (Å²) in [5.41, 5.74) is 1.30. The first kappa shape index (κ1) is 18.6. The molecule has 1 heterocycles. The molecule has 0 saturated carbocycles. The van der Waals surface area contributed by atoms with Crippen LogP contribution in [0.3, 0.4) is 0 Å². The Morgan fingerprint density at radius 2 is 1.88 bits per heavy atom. The zero-order chi connectivity index (χ0) is 18.8. The third kappa shape index (κ3) is 4.23. The van der Waals surface area contributed by atoms with E-state index in [2.05, 4.69) is 5.32 Å². The fourth-order valence-electron chi connectivity index (χ4n) is 2.56. The number of Topliss-reactive ketones (excluding diaryl/α,β-unsaturated/α-hetero) is 1. The maximum atomic E-state index is 12.2. The van der Waals surface area contributed by atoms with E-state index in [1.807, 2.05) is 26.0 Å². The number of carbonyl (C=O) groups is 4. The van der Waals surface area contributed by atoms with Crippen LogP contribution in [-0.4, -0.2) is 47.3 Å². The van der Waals surface area contributed by atoms with Gasteiger partial charge in [-0.15, -0.1) is 0 Å². The molecule has 1 saturated heterocycles. The van der Waals surface area contributed by atoms with Crippen molar-refractivity contribution in [3.8, 4) is 0 Å². The van der Waals surface area contributed by atoms with Crippen molar-refractivity contribution < 1.29 is 23.9 Å².